The van der Waals surface area contributed by atoms with Gasteiger partial charge in [-0.25, -0.2) is 0 Å². The van der Waals surface area contributed by atoms with E-state index in [-0.39, 0.29) is 12.0 Å². The predicted octanol–water partition coefficient (Wildman–Crippen LogP) is 5.83. The van der Waals surface area contributed by atoms with E-state index < -0.39 is 0 Å². The first-order valence-corrected chi connectivity index (χ1v) is 11.1. The Morgan fingerprint density at radius 3 is 2.48 bits per heavy atom. The number of hydrogen-bond acceptors (Lipinski definition) is 6. The lowest BCUT2D eigenvalue weighted by atomic mass is 10.0. The van der Waals surface area contributed by atoms with Crippen molar-refractivity contribution in [3.63, 3.8) is 0 Å². The molecule has 2 aromatic rings. The number of hydrogen-bond donors (Lipinski definition) is 2. The first-order chi connectivity index (χ1) is 14.0. The predicted molar refractivity (Wildman–Crippen MR) is 122 cm³/mol. The molecule has 29 heavy (non-hydrogen) atoms. The fraction of sp³-hybridized carbons (Fsp3) is 0.455. The Morgan fingerprint density at radius 2 is 1.79 bits per heavy atom. The zero-order valence-electron chi connectivity index (χ0n) is 17.1. The average molecular weight is 455 g/mol. The van der Waals surface area contributed by atoms with Gasteiger partial charge in [-0.1, -0.05) is 41.4 Å². The molecule has 1 aliphatic heterocycles. The number of rotatable bonds is 5. The van der Waals surface area contributed by atoms with Crippen LogP contribution in [0.25, 0.3) is 0 Å². The van der Waals surface area contributed by atoms with Gasteiger partial charge < -0.3 is 10.6 Å². The molecule has 7 heteroatoms. The highest BCUT2D eigenvalue weighted by Crippen LogP contribution is 2.39. The maximum Gasteiger partial charge on any atom is 0.233 e. The van der Waals surface area contributed by atoms with Gasteiger partial charge >= 0.3 is 0 Å². The Labute approximate surface area is 180 Å². The Bertz CT molecular complexity index is 948. The molecule has 1 aromatic carbocycles. The van der Waals surface area contributed by atoms with Crippen molar-refractivity contribution in [1.29, 1.82) is 0 Å². The third-order valence-electron chi connectivity index (χ3n) is 5.12. The number of halogens is 1. The smallest absolute Gasteiger partial charge is 0.233 e. The van der Waals surface area contributed by atoms with Crippen molar-refractivity contribution in [2.75, 3.05) is 10.6 Å². The second-order valence-corrected chi connectivity index (χ2v) is 9.07. The molecular weight excluding hydrogens is 428 g/mol. The lowest BCUT2D eigenvalue weighted by Crippen LogP contribution is -2.16. The molecule has 152 valence electrons. The summed E-state index contributed by atoms with van der Waals surface area (Å²) in [6, 6.07) is 8.23. The van der Waals surface area contributed by atoms with Crippen LogP contribution in [0.5, 0.6) is 0 Å². The third kappa shape index (κ3) is 5.41. The number of aromatic nitrogens is 3. The molecule has 6 nitrogen and oxygen atoms in total. The molecule has 1 saturated carbocycles. The first kappa shape index (κ1) is 20.0. The van der Waals surface area contributed by atoms with Crippen molar-refractivity contribution in [2.45, 2.75) is 58.4 Å². The van der Waals surface area contributed by atoms with Crippen molar-refractivity contribution in [3.8, 4) is 0 Å². The van der Waals surface area contributed by atoms with Crippen LogP contribution in [0.3, 0.4) is 0 Å². The van der Waals surface area contributed by atoms with Crippen LogP contribution in [0.4, 0.5) is 17.6 Å². The minimum Gasteiger partial charge on any atom is -0.324 e. The molecule has 2 heterocycles. The van der Waals surface area contributed by atoms with Crippen LogP contribution in [0.15, 0.2) is 45.4 Å². The normalized spacial score (nSPS) is 19.4. The molecule has 2 N–H and O–H groups in total. The van der Waals surface area contributed by atoms with E-state index in [4.69, 9.17) is 4.99 Å². The van der Waals surface area contributed by atoms with Crippen LogP contribution in [0.1, 0.15) is 58.2 Å². The van der Waals surface area contributed by atoms with Crippen molar-refractivity contribution in [1.82, 2.24) is 15.0 Å². The van der Waals surface area contributed by atoms with E-state index in [0.29, 0.717) is 11.9 Å². The van der Waals surface area contributed by atoms with Crippen LogP contribution < -0.4 is 10.6 Å². The molecule has 0 amide bonds. The maximum atomic E-state index is 4.83. The summed E-state index contributed by atoms with van der Waals surface area (Å²) in [6.45, 7) is 6.33. The van der Waals surface area contributed by atoms with Crippen molar-refractivity contribution >= 4 is 39.3 Å². The third-order valence-corrected chi connectivity index (χ3v) is 5.62. The van der Waals surface area contributed by atoms with Crippen LogP contribution >= 0.6 is 15.9 Å². The molecule has 0 spiro atoms. The lowest BCUT2D eigenvalue weighted by molar-refractivity contribution is 0.657. The summed E-state index contributed by atoms with van der Waals surface area (Å²) >= 11 is 3.50. The van der Waals surface area contributed by atoms with E-state index in [2.05, 4.69) is 68.4 Å². The van der Waals surface area contributed by atoms with Gasteiger partial charge in [-0.05, 0) is 62.8 Å². The highest BCUT2D eigenvalue weighted by atomic mass is 79.9. The minimum atomic E-state index is 0.189. The lowest BCUT2D eigenvalue weighted by Gasteiger charge is -2.12. The fourth-order valence-corrected chi connectivity index (χ4v) is 3.78. The van der Waals surface area contributed by atoms with Gasteiger partial charge in [0.1, 0.15) is 11.7 Å². The molecule has 1 unspecified atom stereocenters. The molecule has 1 atom stereocenters. The van der Waals surface area contributed by atoms with Gasteiger partial charge in [-0.15, -0.1) is 0 Å². The highest BCUT2D eigenvalue weighted by molar-refractivity contribution is 9.10. The largest absolute Gasteiger partial charge is 0.324 e. The van der Waals surface area contributed by atoms with Crippen molar-refractivity contribution in [3.05, 3.63) is 46.2 Å². The summed E-state index contributed by atoms with van der Waals surface area (Å²) in [4.78, 5) is 18.7. The van der Waals surface area contributed by atoms with Crippen molar-refractivity contribution in [2.24, 2.45) is 10.9 Å². The molecular formula is C22H27BrN6. The monoisotopic (exact) mass is 454 g/mol. The number of anilines is 3. The molecule has 1 aromatic heterocycles. The van der Waals surface area contributed by atoms with Crippen molar-refractivity contribution < 1.29 is 0 Å². The van der Waals surface area contributed by atoms with Gasteiger partial charge in [-0.2, -0.15) is 15.0 Å². The van der Waals surface area contributed by atoms with E-state index >= 15 is 0 Å². The Kier molecular flexibility index (Phi) is 5.94. The zero-order valence-corrected chi connectivity index (χ0v) is 18.7. The van der Waals surface area contributed by atoms with E-state index in [1.54, 1.807) is 0 Å². The maximum absolute atomic E-state index is 4.83. The molecule has 1 aliphatic carbocycles. The summed E-state index contributed by atoms with van der Waals surface area (Å²) in [5.74, 6) is 3.58. The van der Waals surface area contributed by atoms with Gasteiger partial charge in [0.25, 0.3) is 0 Å². The number of nitrogens with one attached hydrogen (secondary N) is 2. The zero-order chi connectivity index (χ0) is 20.4. The second-order valence-electron chi connectivity index (χ2n) is 8.15. The summed E-state index contributed by atoms with van der Waals surface area (Å²) in [6.07, 6.45) is 7.04. The van der Waals surface area contributed by atoms with Crippen LogP contribution in [0, 0.1) is 5.92 Å². The molecule has 0 bridgehead atoms. The van der Waals surface area contributed by atoms with Gasteiger partial charge in [0, 0.05) is 22.1 Å². The molecule has 1 fully saturated rings. The highest BCUT2D eigenvalue weighted by Gasteiger charge is 2.27. The SMILES string of the molecule is CC1CCC(C2CC2)=CC(Nc2nc(Nc3cccc(Br)c3)nc(C(C)C)n2)=N1. The summed E-state index contributed by atoms with van der Waals surface area (Å²) in [7, 11) is 0. The standard InChI is InChI=1S/C22H27BrN6/c1-13(2)20-27-21(25-18-6-4-5-17(23)12-18)29-22(28-20)26-19-11-16(15-9-10-15)8-7-14(3)24-19/h4-6,11-15H,7-10H2,1-3H3,(H2,24,25,26,27,28,29). The van der Waals surface area contributed by atoms with E-state index in [1.807, 2.05) is 24.3 Å². The number of aliphatic imine (C=N–C) groups is 1. The van der Waals surface area contributed by atoms with Crippen LogP contribution in [-0.4, -0.2) is 26.8 Å². The number of benzene rings is 1. The Balaban J connectivity index is 1.62. The Hall–Kier alpha value is -2.28. The fourth-order valence-electron chi connectivity index (χ4n) is 3.38. The summed E-state index contributed by atoms with van der Waals surface area (Å²) in [5.41, 5.74) is 2.42. The first-order valence-electron chi connectivity index (χ1n) is 10.3. The van der Waals surface area contributed by atoms with Crippen LogP contribution in [0.2, 0.25) is 0 Å². The van der Waals surface area contributed by atoms with Crippen LogP contribution in [-0.2, 0) is 0 Å². The molecule has 2 aliphatic rings. The molecule has 4 rings (SSSR count). The van der Waals surface area contributed by atoms with E-state index in [9.17, 15) is 0 Å². The quantitative estimate of drug-likeness (QED) is 0.593. The average Bonchev–Trinajstić information content (AvgIpc) is 3.50. The summed E-state index contributed by atoms with van der Waals surface area (Å²) < 4.78 is 0.999. The van der Waals surface area contributed by atoms with E-state index in [0.717, 1.165) is 40.6 Å². The number of amidine groups is 1. The number of nitrogens with zero attached hydrogens (tertiary/aromatic N) is 4. The molecule has 0 saturated heterocycles. The summed E-state index contributed by atoms with van der Waals surface area (Å²) in [5, 5.41) is 6.65. The Morgan fingerprint density at radius 1 is 1.03 bits per heavy atom. The van der Waals surface area contributed by atoms with Gasteiger partial charge in [0.15, 0.2) is 0 Å². The topological polar surface area (TPSA) is 75.1 Å². The van der Waals surface area contributed by atoms with Gasteiger partial charge in [0.2, 0.25) is 11.9 Å². The second kappa shape index (κ2) is 8.61. The van der Waals surface area contributed by atoms with Gasteiger partial charge in [-0.3, -0.25) is 4.99 Å². The molecule has 0 radical (unpaired) electrons. The van der Waals surface area contributed by atoms with Gasteiger partial charge in [0.05, 0.1) is 0 Å². The minimum absolute atomic E-state index is 0.189. The number of allylic oxidation sites excluding steroid dienone is 1. The van der Waals surface area contributed by atoms with E-state index in [1.165, 1.54) is 18.4 Å².